The smallest absolute Gasteiger partial charge is 0.262 e. The van der Waals surface area contributed by atoms with Gasteiger partial charge in [-0.3, -0.25) is 24.3 Å². The minimum atomic E-state index is -0.657. The molecule has 0 radical (unpaired) electrons. The Labute approximate surface area is 125 Å². The Morgan fingerprint density at radius 1 is 1.09 bits per heavy atom. The number of hydrogen-bond donors (Lipinski definition) is 3. The number of aryl methyl sites for hydroxylation is 2. The number of pyridine rings is 1. The number of hydrogen-bond acceptors (Lipinski definition) is 5. The van der Waals surface area contributed by atoms with E-state index in [9.17, 15) is 19.5 Å². The van der Waals surface area contributed by atoms with E-state index >= 15 is 0 Å². The van der Waals surface area contributed by atoms with Crippen LogP contribution in [0.5, 0.6) is 5.75 Å². The molecule has 7 nitrogen and oxygen atoms in total. The van der Waals surface area contributed by atoms with Crippen LogP contribution < -0.4 is 16.6 Å². The molecule has 0 bridgehead atoms. The zero-order valence-electron chi connectivity index (χ0n) is 11.9. The molecule has 1 aliphatic rings. The van der Waals surface area contributed by atoms with E-state index in [1.165, 1.54) is 0 Å². The van der Waals surface area contributed by atoms with Crippen molar-refractivity contribution in [3.63, 3.8) is 0 Å². The molecule has 0 saturated heterocycles. The highest BCUT2D eigenvalue weighted by atomic mass is 16.3. The van der Waals surface area contributed by atoms with Crippen LogP contribution in [0.25, 0.3) is 5.69 Å². The van der Waals surface area contributed by atoms with Gasteiger partial charge in [0.05, 0.1) is 16.8 Å². The maximum absolute atomic E-state index is 12.3. The van der Waals surface area contributed by atoms with E-state index in [2.05, 4.69) is 5.32 Å². The van der Waals surface area contributed by atoms with E-state index < -0.39 is 17.4 Å². The lowest BCUT2D eigenvalue weighted by atomic mass is 10.1. The van der Waals surface area contributed by atoms with Crippen molar-refractivity contribution in [1.29, 1.82) is 0 Å². The third-order valence-electron chi connectivity index (χ3n) is 3.62. The molecule has 22 heavy (non-hydrogen) atoms. The number of carbonyl (C=O) groups excluding carboxylic acids is 2. The van der Waals surface area contributed by atoms with Crippen LogP contribution in [-0.2, 0) is 0 Å². The first-order valence-electron chi connectivity index (χ1n) is 6.53. The highest BCUT2D eigenvalue weighted by Crippen LogP contribution is 2.30. The molecule has 0 unspecified atom stereocenters. The predicted molar refractivity (Wildman–Crippen MR) is 79.4 cm³/mol. The summed E-state index contributed by atoms with van der Waals surface area (Å²) in [6, 6.07) is 4.38. The molecule has 1 aromatic heterocycles. The Balaban J connectivity index is 2.40. The van der Waals surface area contributed by atoms with Crippen molar-refractivity contribution in [1.82, 2.24) is 9.88 Å². The molecule has 0 spiro atoms. The maximum atomic E-state index is 12.3. The average Bonchev–Trinajstić information content (AvgIpc) is 2.70. The average molecular weight is 299 g/mol. The SMILES string of the molecule is Cc1cc(C)c(O)c(-n2c(N)c3c(cc2=O)C(=O)NC3=O)c1. The number of amides is 2. The molecule has 0 atom stereocenters. The molecule has 2 heterocycles. The maximum Gasteiger partial charge on any atom is 0.262 e. The van der Waals surface area contributed by atoms with Gasteiger partial charge >= 0.3 is 0 Å². The summed E-state index contributed by atoms with van der Waals surface area (Å²) in [5.74, 6) is -1.59. The summed E-state index contributed by atoms with van der Waals surface area (Å²) in [5.41, 5.74) is 6.80. The van der Waals surface area contributed by atoms with Crippen LogP contribution in [0, 0.1) is 13.8 Å². The number of nitrogen functional groups attached to an aromatic ring is 1. The highest BCUT2D eigenvalue weighted by Gasteiger charge is 2.32. The zero-order valence-corrected chi connectivity index (χ0v) is 11.9. The van der Waals surface area contributed by atoms with Crippen molar-refractivity contribution in [2.24, 2.45) is 0 Å². The first kappa shape index (κ1) is 13.9. The molecule has 4 N–H and O–H groups in total. The Kier molecular flexibility index (Phi) is 2.81. The number of fused-ring (bicyclic) bond motifs is 1. The number of nitrogens with two attached hydrogens (primary N) is 1. The summed E-state index contributed by atoms with van der Waals surface area (Å²) < 4.78 is 1.03. The van der Waals surface area contributed by atoms with Gasteiger partial charge in [0.25, 0.3) is 17.4 Å². The monoisotopic (exact) mass is 299 g/mol. The topological polar surface area (TPSA) is 114 Å². The molecule has 7 heteroatoms. The molecular formula is C15H13N3O4. The minimum Gasteiger partial charge on any atom is -0.505 e. The van der Waals surface area contributed by atoms with Gasteiger partial charge in [-0.25, -0.2) is 0 Å². The van der Waals surface area contributed by atoms with E-state index in [0.29, 0.717) is 5.56 Å². The molecule has 112 valence electrons. The molecule has 0 fully saturated rings. The van der Waals surface area contributed by atoms with Gasteiger partial charge in [-0.2, -0.15) is 0 Å². The number of rotatable bonds is 1. The molecule has 3 rings (SSSR count). The fraction of sp³-hybridized carbons (Fsp3) is 0.133. The van der Waals surface area contributed by atoms with Crippen molar-refractivity contribution in [2.45, 2.75) is 13.8 Å². The Bertz CT molecular complexity index is 912. The first-order valence-corrected chi connectivity index (χ1v) is 6.53. The lowest BCUT2D eigenvalue weighted by molar-refractivity contribution is 0.0880. The van der Waals surface area contributed by atoms with Crippen molar-refractivity contribution in [3.8, 4) is 11.4 Å². The fourth-order valence-corrected chi connectivity index (χ4v) is 2.64. The summed E-state index contributed by atoms with van der Waals surface area (Å²) >= 11 is 0. The van der Waals surface area contributed by atoms with Gasteiger partial charge in [-0.15, -0.1) is 0 Å². The summed E-state index contributed by atoms with van der Waals surface area (Å²) in [5, 5.41) is 12.3. The standard InChI is InChI=1S/C15H13N3O4/c1-6-3-7(2)12(20)9(4-6)18-10(19)5-8-11(13(18)16)15(22)17-14(8)21/h3-5,20H,16H2,1-2H3,(H,17,21,22). The highest BCUT2D eigenvalue weighted by molar-refractivity contribution is 6.23. The normalized spacial score (nSPS) is 13.2. The minimum absolute atomic E-state index is 0.0485. The number of carbonyl (C=O) groups is 2. The third kappa shape index (κ3) is 1.79. The first-order chi connectivity index (χ1) is 10.3. The fourth-order valence-electron chi connectivity index (χ4n) is 2.64. The number of imide groups is 1. The Morgan fingerprint density at radius 3 is 2.45 bits per heavy atom. The molecule has 0 aliphatic carbocycles. The summed E-state index contributed by atoms with van der Waals surface area (Å²) in [6.07, 6.45) is 0. The van der Waals surface area contributed by atoms with Crippen molar-refractivity contribution < 1.29 is 14.7 Å². The number of phenolic OH excluding ortho intramolecular Hbond substituents is 1. The number of nitrogens with one attached hydrogen (secondary N) is 1. The second-order valence-electron chi connectivity index (χ2n) is 5.22. The van der Waals surface area contributed by atoms with Crippen LogP contribution in [0.4, 0.5) is 5.82 Å². The quantitative estimate of drug-likeness (QED) is 0.668. The Hall–Kier alpha value is -3.09. The molecule has 0 saturated carbocycles. The van der Waals surface area contributed by atoms with Crippen molar-refractivity contribution in [2.75, 3.05) is 5.73 Å². The summed E-state index contributed by atoms with van der Waals surface area (Å²) in [7, 11) is 0. The van der Waals surface area contributed by atoms with Crippen LogP contribution >= 0.6 is 0 Å². The van der Waals surface area contributed by atoms with Gasteiger partial charge in [0.1, 0.15) is 11.6 Å². The zero-order chi connectivity index (χ0) is 16.2. The van der Waals surface area contributed by atoms with E-state index in [1.54, 1.807) is 26.0 Å². The van der Waals surface area contributed by atoms with E-state index in [4.69, 9.17) is 5.73 Å². The van der Waals surface area contributed by atoms with Crippen LogP contribution in [0.3, 0.4) is 0 Å². The number of aromatic hydroxyl groups is 1. The van der Waals surface area contributed by atoms with Crippen LogP contribution in [0.2, 0.25) is 0 Å². The lowest BCUT2D eigenvalue weighted by Gasteiger charge is -2.15. The number of nitrogens with zero attached hydrogens (tertiary/aromatic N) is 1. The van der Waals surface area contributed by atoms with Crippen molar-refractivity contribution in [3.05, 3.63) is 50.8 Å². The van der Waals surface area contributed by atoms with Gasteiger partial charge in [0.15, 0.2) is 0 Å². The number of phenols is 1. The van der Waals surface area contributed by atoms with E-state index in [-0.39, 0.29) is 28.4 Å². The van der Waals surface area contributed by atoms with E-state index in [0.717, 1.165) is 16.2 Å². The van der Waals surface area contributed by atoms with Crippen LogP contribution in [0.1, 0.15) is 31.8 Å². The number of anilines is 1. The van der Waals surface area contributed by atoms with Gasteiger partial charge in [0, 0.05) is 6.07 Å². The largest absolute Gasteiger partial charge is 0.505 e. The van der Waals surface area contributed by atoms with Crippen LogP contribution in [-0.4, -0.2) is 21.5 Å². The third-order valence-corrected chi connectivity index (χ3v) is 3.62. The molecular weight excluding hydrogens is 286 g/mol. The van der Waals surface area contributed by atoms with Gasteiger partial charge in [0.2, 0.25) is 0 Å². The van der Waals surface area contributed by atoms with E-state index in [1.807, 2.05) is 0 Å². The number of benzene rings is 1. The predicted octanol–water partition coefficient (Wildman–Crippen LogP) is 0.626. The molecule has 2 aromatic rings. The summed E-state index contributed by atoms with van der Waals surface area (Å²) in [4.78, 5) is 35.7. The molecule has 1 aliphatic heterocycles. The van der Waals surface area contributed by atoms with Gasteiger partial charge in [-0.05, 0) is 31.0 Å². The molecule has 1 aromatic carbocycles. The van der Waals surface area contributed by atoms with Gasteiger partial charge in [-0.1, -0.05) is 6.07 Å². The van der Waals surface area contributed by atoms with Crippen LogP contribution in [0.15, 0.2) is 23.0 Å². The molecule has 2 amide bonds. The summed E-state index contributed by atoms with van der Waals surface area (Å²) in [6.45, 7) is 3.50. The second-order valence-corrected chi connectivity index (χ2v) is 5.22. The van der Waals surface area contributed by atoms with Crippen molar-refractivity contribution >= 4 is 17.6 Å². The lowest BCUT2D eigenvalue weighted by Crippen LogP contribution is -2.24. The van der Waals surface area contributed by atoms with Gasteiger partial charge < -0.3 is 10.8 Å². The Morgan fingerprint density at radius 2 is 1.77 bits per heavy atom. The number of aromatic nitrogens is 1. The second kappa shape index (κ2) is 4.45.